The Morgan fingerprint density at radius 3 is 2.72 bits per heavy atom. The molecule has 18 heavy (non-hydrogen) atoms. The molecule has 0 spiro atoms. The summed E-state index contributed by atoms with van der Waals surface area (Å²) >= 11 is 0. The molecule has 0 atom stereocenters. The van der Waals surface area contributed by atoms with Gasteiger partial charge in [0.1, 0.15) is 17.1 Å². The molecule has 0 aromatic heterocycles. The molecule has 0 radical (unpaired) electrons. The van der Waals surface area contributed by atoms with Gasteiger partial charge in [-0.25, -0.2) is 4.39 Å². The van der Waals surface area contributed by atoms with Gasteiger partial charge in [0.15, 0.2) is 0 Å². The second-order valence-corrected chi connectivity index (χ2v) is 4.85. The van der Waals surface area contributed by atoms with Crippen LogP contribution in [0.4, 0.5) is 4.39 Å². The van der Waals surface area contributed by atoms with Crippen molar-refractivity contribution in [1.29, 1.82) is 0 Å². The molecule has 1 aliphatic rings. The van der Waals surface area contributed by atoms with Crippen LogP contribution in [0.1, 0.15) is 42.5 Å². The SMILES string of the molecule is O=C(NCC1CCCCC1)c1c(O)cccc1F. The third-order valence-corrected chi connectivity index (χ3v) is 3.49. The van der Waals surface area contributed by atoms with E-state index in [4.69, 9.17) is 0 Å². The number of halogens is 1. The van der Waals surface area contributed by atoms with Crippen molar-refractivity contribution in [3.8, 4) is 5.75 Å². The lowest BCUT2D eigenvalue weighted by atomic mass is 9.89. The van der Waals surface area contributed by atoms with Gasteiger partial charge in [-0.3, -0.25) is 4.79 Å². The van der Waals surface area contributed by atoms with Crippen LogP contribution in [0, 0.1) is 11.7 Å². The number of hydrogen-bond donors (Lipinski definition) is 2. The molecule has 0 aliphatic heterocycles. The summed E-state index contributed by atoms with van der Waals surface area (Å²) in [5.74, 6) is -1.04. The van der Waals surface area contributed by atoms with Gasteiger partial charge in [-0.1, -0.05) is 25.3 Å². The number of aromatic hydroxyl groups is 1. The van der Waals surface area contributed by atoms with Crippen LogP contribution in [-0.2, 0) is 0 Å². The number of carbonyl (C=O) groups is 1. The Kier molecular flexibility index (Phi) is 4.18. The van der Waals surface area contributed by atoms with Crippen LogP contribution in [0.25, 0.3) is 0 Å². The van der Waals surface area contributed by atoms with Crippen LogP contribution in [0.2, 0.25) is 0 Å². The number of benzene rings is 1. The van der Waals surface area contributed by atoms with Gasteiger partial charge in [0.05, 0.1) is 0 Å². The van der Waals surface area contributed by atoms with E-state index in [2.05, 4.69) is 5.32 Å². The quantitative estimate of drug-likeness (QED) is 0.867. The molecule has 3 nitrogen and oxygen atoms in total. The van der Waals surface area contributed by atoms with E-state index in [1.807, 2.05) is 0 Å². The Balaban J connectivity index is 1.95. The van der Waals surface area contributed by atoms with Crippen molar-refractivity contribution >= 4 is 5.91 Å². The first-order valence-corrected chi connectivity index (χ1v) is 6.44. The monoisotopic (exact) mass is 251 g/mol. The zero-order valence-electron chi connectivity index (χ0n) is 10.3. The molecule has 1 saturated carbocycles. The molecule has 0 unspecified atom stereocenters. The minimum atomic E-state index is -0.684. The number of phenolic OH excluding ortho intramolecular Hbond substituents is 1. The Morgan fingerprint density at radius 2 is 2.06 bits per heavy atom. The van der Waals surface area contributed by atoms with Crippen LogP contribution in [0.15, 0.2) is 18.2 Å². The van der Waals surface area contributed by atoms with Crippen molar-refractivity contribution in [3.63, 3.8) is 0 Å². The number of rotatable bonds is 3. The number of carbonyl (C=O) groups excluding carboxylic acids is 1. The molecule has 98 valence electrons. The highest BCUT2D eigenvalue weighted by atomic mass is 19.1. The zero-order valence-corrected chi connectivity index (χ0v) is 10.3. The second-order valence-electron chi connectivity index (χ2n) is 4.85. The van der Waals surface area contributed by atoms with Crippen LogP contribution in [0.3, 0.4) is 0 Å². The fraction of sp³-hybridized carbons (Fsp3) is 0.500. The maximum Gasteiger partial charge on any atom is 0.258 e. The number of phenols is 1. The van der Waals surface area contributed by atoms with Crippen molar-refractivity contribution in [2.45, 2.75) is 32.1 Å². The number of amides is 1. The fourth-order valence-corrected chi connectivity index (χ4v) is 2.45. The van der Waals surface area contributed by atoms with E-state index < -0.39 is 11.7 Å². The van der Waals surface area contributed by atoms with Crippen molar-refractivity contribution in [2.24, 2.45) is 5.92 Å². The summed E-state index contributed by atoms with van der Waals surface area (Å²) in [5, 5.41) is 12.2. The largest absolute Gasteiger partial charge is 0.507 e. The molecule has 0 bridgehead atoms. The van der Waals surface area contributed by atoms with Crippen molar-refractivity contribution < 1.29 is 14.3 Å². The van der Waals surface area contributed by atoms with Crippen LogP contribution in [0.5, 0.6) is 5.75 Å². The lowest BCUT2D eigenvalue weighted by Crippen LogP contribution is -2.30. The average Bonchev–Trinajstić information content (AvgIpc) is 2.37. The van der Waals surface area contributed by atoms with E-state index in [9.17, 15) is 14.3 Å². The summed E-state index contributed by atoms with van der Waals surface area (Å²) in [4.78, 5) is 11.8. The summed E-state index contributed by atoms with van der Waals surface area (Å²) in [6.45, 7) is 0.562. The van der Waals surface area contributed by atoms with Gasteiger partial charge in [0.2, 0.25) is 0 Å². The topological polar surface area (TPSA) is 49.3 Å². The Labute approximate surface area is 106 Å². The van der Waals surface area contributed by atoms with Gasteiger partial charge >= 0.3 is 0 Å². The van der Waals surface area contributed by atoms with Gasteiger partial charge in [-0.2, -0.15) is 0 Å². The Hall–Kier alpha value is -1.58. The first kappa shape index (κ1) is 12.9. The van der Waals surface area contributed by atoms with E-state index in [-0.39, 0.29) is 11.3 Å². The molecule has 2 N–H and O–H groups in total. The smallest absolute Gasteiger partial charge is 0.258 e. The lowest BCUT2D eigenvalue weighted by Gasteiger charge is -2.21. The van der Waals surface area contributed by atoms with E-state index >= 15 is 0 Å². The van der Waals surface area contributed by atoms with E-state index in [1.54, 1.807) is 0 Å². The average molecular weight is 251 g/mol. The molecule has 1 aromatic carbocycles. The summed E-state index contributed by atoms with van der Waals surface area (Å²) in [5.41, 5.74) is -0.256. The predicted molar refractivity (Wildman–Crippen MR) is 67.0 cm³/mol. The number of hydrogen-bond acceptors (Lipinski definition) is 2. The van der Waals surface area contributed by atoms with E-state index in [0.717, 1.165) is 12.8 Å². The van der Waals surface area contributed by atoms with Crippen molar-refractivity contribution in [2.75, 3.05) is 6.54 Å². The van der Waals surface area contributed by atoms with Gasteiger partial charge in [-0.15, -0.1) is 0 Å². The van der Waals surface area contributed by atoms with Crippen molar-refractivity contribution in [1.82, 2.24) is 5.32 Å². The van der Waals surface area contributed by atoms with Gasteiger partial charge < -0.3 is 10.4 Å². The molecule has 1 fully saturated rings. The maximum absolute atomic E-state index is 13.4. The normalized spacial score (nSPS) is 16.5. The van der Waals surface area contributed by atoms with Gasteiger partial charge in [0.25, 0.3) is 5.91 Å². The molecular weight excluding hydrogens is 233 g/mol. The lowest BCUT2D eigenvalue weighted by molar-refractivity contribution is 0.0936. The molecule has 1 amide bonds. The molecular formula is C14H18FNO2. The van der Waals surface area contributed by atoms with Crippen LogP contribution < -0.4 is 5.32 Å². The first-order chi connectivity index (χ1) is 8.68. The van der Waals surface area contributed by atoms with E-state index in [1.165, 1.54) is 37.5 Å². The third kappa shape index (κ3) is 3.00. The fourth-order valence-electron chi connectivity index (χ4n) is 2.45. The first-order valence-electron chi connectivity index (χ1n) is 6.44. The maximum atomic E-state index is 13.4. The standard InChI is InChI=1S/C14H18FNO2/c15-11-7-4-8-12(17)13(11)14(18)16-9-10-5-2-1-3-6-10/h4,7-8,10,17H,1-3,5-6,9H2,(H,16,18). The molecule has 4 heteroatoms. The Morgan fingerprint density at radius 1 is 1.33 bits per heavy atom. The van der Waals surface area contributed by atoms with Crippen LogP contribution in [-0.4, -0.2) is 17.6 Å². The molecule has 2 rings (SSSR count). The third-order valence-electron chi connectivity index (χ3n) is 3.49. The second kappa shape index (κ2) is 5.85. The van der Waals surface area contributed by atoms with Gasteiger partial charge in [0, 0.05) is 6.54 Å². The van der Waals surface area contributed by atoms with E-state index in [0.29, 0.717) is 12.5 Å². The molecule has 1 aliphatic carbocycles. The minimum absolute atomic E-state index is 0.256. The highest BCUT2D eigenvalue weighted by molar-refractivity contribution is 5.97. The highest BCUT2D eigenvalue weighted by Crippen LogP contribution is 2.23. The number of nitrogens with one attached hydrogen (secondary N) is 1. The molecule has 0 saturated heterocycles. The van der Waals surface area contributed by atoms with Crippen molar-refractivity contribution in [3.05, 3.63) is 29.6 Å². The minimum Gasteiger partial charge on any atom is -0.507 e. The highest BCUT2D eigenvalue weighted by Gasteiger charge is 2.19. The molecule has 1 aromatic rings. The Bertz CT molecular complexity index is 408. The van der Waals surface area contributed by atoms with Gasteiger partial charge in [-0.05, 0) is 30.9 Å². The summed E-state index contributed by atoms with van der Waals surface area (Å²) in [6.07, 6.45) is 5.89. The summed E-state index contributed by atoms with van der Waals surface area (Å²) < 4.78 is 13.4. The summed E-state index contributed by atoms with van der Waals surface area (Å²) in [7, 11) is 0. The van der Waals surface area contributed by atoms with Crippen LogP contribution >= 0.6 is 0 Å². The summed E-state index contributed by atoms with van der Waals surface area (Å²) in [6, 6.07) is 3.87. The zero-order chi connectivity index (χ0) is 13.0. The predicted octanol–water partition coefficient (Wildman–Crippen LogP) is 2.84. The molecule has 0 heterocycles.